The van der Waals surface area contributed by atoms with Crippen LogP contribution >= 0.6 is 11.9 Å². The number of anilines is 1. The van der Waals surface area contributed by atoms with Gasteiger partial charge in [0.1, 0.15) is 18.1 Å². The van der Waals surface area contributed by atoms with E-state index in [9.17, 15) is 4.79 Å². The molecule has 6 heteroatoms. The fourth-order valence-electron chi connectivity index (χ4n) is 1.95. The Hall–Kier alpha value is -2.86. The Kier molecular flexibility index (Phi) is 5.08. The molecule has 0 amide bonds. The van der Waals surface area contributed by atoms with Gasteiger partial charge in [-0.05, 0) is 60.5 Å². The van der Waals surface area contributed by atoms with Crippen LogP contribution < -0.4 is 9.46 Å². The van der Waals surface area contributed by atoms with Gasteiger partial charge in [0.15, 0.2) is 0 Å². The molecule has 5 nitrogen and oxygen atoms in total. The van der Waals surface area contributed by atoms with Gasteiger partial charge in [-0.2, -0.15) is 0 Å². The molecule has 0 spiro atoms. The predicted octanol–water partition coefficient (Wildman–Crippen LogP) is 4.68. The number of aromatic carboxylic acids is 1. The number of rotatable bonds is 7. The van der Waals surface area contributed by atoms with E-state index >= 15 is 0 Å². The Morgan fingerprint density at radius 2 is 1.79 bits per heavy atom. The molecule has 0 saturated heterocycles. The Morgan fingerprint density at radius 3 is 2.46 bits per heavy atom. The van der Waals surface area contributed by atoms with E-state index in [4.69, 9.17) is 14.3 Å². The summed E-state index contributed by atoms with van der Waals surface area (Å²) in [5.41, 5.74) is 0.961. The smallest absolute Gasteiger partial charge is 0.371 e. The van der Waals surface area contributed by atoms with Crippen LogP contribution in [0.15, 0.2) is 76.0 Å². The van der Waals surface area contributed by atoms with E-state index in [1.54, 1.807) is 6.07 Å². The minimum atomic E-state index is -1.09. The Labute approximate surface area is 143 Å². The highest BCUT2D eigenvalue weighted by Gasteiger charge is 2.09. The first kappa shape index (κ1) is 16.0. The highest BCUT2D eigenvalue weighted by molar-refractivity contribution is 8.00. The average molecular weight is 341 g/mol. The zero-order valence-electron chi connectivity index (χ0n) is 12.6. The normalized spacial score (nSPS) is 10.3. The van der Waals surface area contributed by atoms with E-state index in [0.29, 0.717) is 11.5 Å². The summed E-state index contributed by atoms with van der Waals surface area (Å²) < 4.78 is 14.0. The maximum absolute atomic E-state index is 10.7. The topological polar surface area (TPSA) is 71.7 Å². The lowest BCUT2D eigenvalue weighted by Crippen LogP contribution is -1.95. The number of hydrogen-bond donors (Lipinski definition) is 2. The third-order valence-electron chi connectivity index (χ3n) is 3.14. The molecule has 0 unspecified atom stereocenters. The summed E-state index contributed by atoms with van der Waals surface area (Å²) in [6, 6.07) is 20.5. The molecule has 3 rings (SSSR count). The number of hydrogen-bond acceptors (Lipinski definition) is 5. The van der Waals surface area contributed by atoms with Gasteiger partial charge < -0.3 is 19.0 Å². The molecule has 2 aromatic carbocycles. The Balaban J connectivity index is 1.51. The second-order valence-electron chi connectivity index (χ2n) is 4.90. The van der Waals surface area contributed by atoms with Gasteiger partial charge in [-0.1, -0.05) is 18.2 Å². The van der Waals surface area contributed by atoms with E-state index < -0.39 is 5.97 Å². The zero-order valence-corrected chi connectivity index (χ0v) is 13.5. The van der Waals surface area contributed by atoms with Crippen molar-refractivity contribution in [2.24, 2.45) is 0 Å². The van der Waals surface area contributed by atoms with Gasteiger partial charge in [0.2, 0.25) is 5.76 Å². The molecule has 0 fully saturated rings. The molecule has 0 radical (unpaired) electrons. The monoisotopic (exact) mass is 341 g/mol. The van der Waals surface area contributed by atoms with Gasteiger partial charge in [-0.25, -0.2) is 4.79 Å². The summed E-state index contributed by atoms with van der Waals surface area (Å²) in [5.74, 6) is -0.0357. The number of nitrogens with one attached hydrogen (secondary N) is 1. The van der Waals surface area contributed by atoms with Crippen molar-refractivity contribution in [1.82, 2.24) is 0 Å². The van der Waals surface area contributed by atoms with Crippen LogP contribution in [-0.4, -0.2) is 11.1 Å². The number of carboxylic acid groups (broad SMARTS) is 1. The van der Waals surface area contributed by atoms with Crippen LogP contribution in [0.5, 0.6) is 5.75 Å². The fraction of sp³-hybridized carbons (Fsp3) is 0.0556. The second-order valence-corrected chi connectivity index (χ2v) is 5.78. The standard InChI is InChI=1S/C18H15NO4S/c20-18(21)17-11-10-15(23-17)12-22-14-8-6-13(7-9-14)19-24-16-4-2-1-3-5-16/h1-11,19H,12H2,(H,20,21). The number of carboxylic acids is 1. The maximum Gasteiger partial charge on any atom is 0.371 e. The van der Waals surface area contributed by atoms with Gasteiger partial charge in [-0.15, -0.1) is 0 Å². The minimum absolute atomic E-state index is 0.0916. The van der Waals surface area contributed by atoms with Crippen LogP contribution in [0.2, 0.25) is 0 Å². The van der Waals surface area contributed by atoms with Gasteiger partial charge in [-0.3, -0.25) is 0 Å². The summed E-state index contributed by atoms with van der Waals surface area (Å²) in [6.45, 7) is 0.179. The second kappa shape index (κ2) is 7.61. The molecule has 24 heavy (non-hydrogen) atoms. The zero-order chi connectivity index (χ0) is 16.8. The molecule has 0 bridgehead atoms. The molecule has 0 aliphatic heterocycles. The number of ether oxygens (including phenoxy) is 1. The van der Waals surface area contributed by atoms with Crippen LogP contribution in [0.4, 0.5) is 5.69 Å². The lowest BCUT2D eigenvalue weighted by atomic mass is 10.3. The van der Waals surface area contributed by atoms with Crippen LogP contribution in [0.1, 0.15) is 16.3 Å². The van der Waals surface area contributed by atoms with E-state index in [1.165, 1.54) is 18.0 Å². The van der Waals surface area contributed by atoms with Crippen LogP contribution in [0.3, 0.4) is 0 Å². The van der Waals surface area contributed by atoms with Crippen molar-refractivity contribution in [3.63, 3.8) is 0 Å². The molecule has 0 aliphatic carbocycles. The Bertz CT molecular complexity index is 799. The van der Waals surface area contributed by atoms with Crippen LogP contribution in [0.25, 0.3) is 0 Å². The van der Waals surface area contributed by atoms with Gasteiger partial charge >= 0.3 is 5.97 Å². The molecule has 3 aromatic rings. The molecule has 2 N–H and O–H groups in total. The van der Waals surface area contributed by atoms with Crippen molar-refractivity contribution < 1.29 is 19.1 Å². The highest BCUT2D eigenvalue weighted by Crippen LogP contribution is 2.23. The number of furan rings is 1. The number of benzene rings is 2. The lowest BCUT2D eigenvalue weighted by Gasteiger charge is -2.07. The first-order chi connectivity index (χ1) is 11.7. The van der Waals surface area contributed by atoms with Crippen molar-refractivity contribution in [2.75, 3.05) is 4.72 Å². The molecule has 0 aliphatic rings. The molecule has 1 aromatic heterocycles. The van der Waals surface area contributed by atoms with E-state index in [2.05, 4.69) is 4.72 Å². The summed E-state index contributed by atoms with van der Waals surface area (Å²) in [7, 11) is 0. The molecular formula is C18H15NO4S. The van der Waals surface area contributed by atoms with Crippen molar-refractivity contribution in [3.05, 3.63) is 78.3 Å². The molecule has 0 saturated carbocycles. The lowest BCUT2D eigenvalue weighted by molar-refractivity contribution is 0.0658. The van der Waals surface area contributed by atoms with Crippen molar-refractivity contribution in [3.8, 4) is 5.75 Å². The first-order valence-corrected chi connectivity index (χ1v) is 8.05. The van der Waals surface area contributed by atoms with Crippen molar-refractivity contribution >= 4 is 23.6 Å². The molecule has 0 atom stereocenters. The third-order valence-corrected chi connectivity index (χ3v) is 3.98. The van der Waals surface area contributed by atoms with Crippen molar-refractivity contribution in [2.45, 2.75) is 11.5 Å². The van der Waals surface area contributed by atoms with E-state index in [0.717, 1.165) is 10.6 Å². The van der Waals surface area contributed by atoms with Crippen LogP contribution in [-0.2, 0) is 6.61 Å². The SMILES string of the molecule is O=C(O)c1ccc(COc2ccc(NSc3ccccc3)cc2)o1. The largest absolute Gasteiger partial charge is 0.486 e. The first-order valence-electron chi connectivity index (χ1n) is 7.23. The summed E-state index contributed by atoms with van der Waals surface area (Å²) in [5, 5.41) is 8.80. The third kappa shape index (κ3) is 4.33. The maximum atomic E-state index is 10.7. The summed E-state index contributed by atoms with van der Waals surface area (Å²) in [4.78, 5) is 11.9. The summed E-state index contributed by atoms with van der Waals surface area (Å²) in [6.07, 6.45) is 0. The Morgan fingerprint density at radius 1 is 1.04 bits per heavy atom. The van der Waals surface area contributed by atoms with Gasteiger partial charge in [0, 0.05) is 10.6 Å². The van der Waals surface area contributed by atoms with E-state index in [1.807, 2.05) is 54.6 Å². The highest BCUT2D eigenvalue weighted by atomic mass is 32.2. The number of carbonyl (C=O) groups is 1. The summed E-state index contributed by atoms with van der Waals surface area (Å²) >= 11 is 1.53. The molecule has 122 valence electrons. The van der Waals surface area contributed by atoms with E-state index in [-0.39, 0.29) is 12.4 Å². The van der Waals surface area contributed by atoms with Gasteiger partial charge in [0.25, 0.3) is 0 Å². The fourth-order valence-corrected chi connectivity index (χ4v) is 2.62. The predicted molar refractivity (Wildman–Crippen MR) is 92.4 cm³/mol. The average Bonchev–Trinajstić information content (AvgIpc) is 3.09. The minimum Gasteiger partial charge on any atom is -0.486 e. The van der Waals surface area contributed by atoms with Crippen LogP contribution in [0, 0.1) is 0 Å². The van der Waals surface area contributed by atoms with Crippen molar-refractivity contribution in [1.29, 1.82) is 0 Å². The molecular weight excluding hydrogens is 326 g/mol. The van der Waals surface area contributed by atoms with Gasteiger partial charge in [0.05, 0.1) is 0 Å². The molecule has 1 heterocycles. The quantitative estimate of drug-likeness (QED) is 0.608.